The lowest BCUT2D eigenvalue weighted by Gasteiger charge is -2.24. The van der Waals surface area contributed by atoms with Gasteiger partial charge in [-0.25, -0.2) is 0 Å². The number of para-hydroxylation sites is 2. The van der Waals surface area contributed by atoms with Crippen LogP contribution in [0.25, 0.3) is 0 Å². The second kappa shape index (κ2) is 20.0. The minimum atomic E-state index is -0.246. The molecule has 0 radical (unpaired) electrons. The fourth-order valence-electron chi connectivity index (χ4n) is 5.34. The summed E-state index contributed by atoms with van der Waals surface area (Å²) in [4.78, 5) is 5.04. The quantitative estimate of drug-likeness (QED) is 0.132. The Morgan fingerprint density at radius 2 is 1.19 bits per heavy atom. The fraction of sp³-hybridized carbons (Fsp3) is 0.396. The Morgan fingerprint density at radius 1 is 0.635 bits per heavy atom. The monoisotopic (exact) mass is 703 g/mol. The first-order chi connectivity index (χ1) is 24.3. The lowest BCUT2D eigenvalue weighted by molar-refractivity contribution is 0.126. The molecule has 4 aromatic carbocycles. The van der Waals surface area contributed by atoms with Gasteiger partial charge in [-0.2, -0.15) is 0 Å². The van der Waals surface area contributed by atoms with Crippen molar-refractivity contribution in [3.63, 3.8) is 0 Å². The summed E-state index contributed by atoms with van der Waals surface area (Å²) in [6.45, 7) is 32.7. The van der Waals surface area contributed by atoms with Gasteiger partial charge in [0.05, 0.1) is 12.3 Å². The highest BCUT2D eigenvalue weighted by atomic mass is 16.5. The molecule has 1 N–H and O–H groups in total. The number of aliphatic hydroxyl groups excluding tert-OH is 1. The Kier molecular flexibility index (Phi) is 16.8. The number of hydrogen-bond donors (Lipinski definition) is 1. The molecule has 4 nitrogen and oxygen atoms in total. The van der Waals surface area contributed by atoms with Crippen LogP contribution in [0.2, 0.25) is 0 Å². The maximum atomic E-state index is 9.30. The Bertz CT molecular complexity index is 1730. The zero-order chi connectivity index (χ0) is 39.1. The van der Waals surface area contributed by atoms with Crippen molar-refractivity contribution in [2.24, 2.45) is 10.4 Å². The van der Waals surface area contributed by atoms with Crippen molar-refractivity contribution < 1.29 is 14.6 Å². The minimum Gasteiger partial charge on any atom is -0.488 e. The van der Waals surface area contributed by atoms with Gasteiger partial charge < -0.3 is 14.6 Å². The van der Waals surface area contributed by atoms with Crippen molar-refractivity contribution in [1.29, 1.82) is 0 Å². The van der Waals surface area contributed by atoms with Gasteiger partial charge >= 0.3 is 0 Å². The topological polar surface area (TPSA) is 51.0 Å². The Labute approximate surface area is 316 Å². The molecule has 0 amide bonds. The van der Waals surface area contributed by atoms with Crippen molar-refractivity contribution in [3.05, 3.63) is 149 Å². The lowest BCUT2D eigenvalue weighted by Crippen LogP contribution is -2.24. The molecule has 0 atom stereocenters. The highest BCUT2D eigenvalue weighted by Crippen LogP contribution is 2.30. The normalized spacial score (nSPS) is 11.8. The minimum absolute atomic E-state index is 0.00358. The van der Waals surface area contributed by atoms with Crippen molar-refractivity contribution in [2.45, 2.75) is 120 Å². The number of aliphatic hydroxyl groups is 1. The molecule has 0 unspecified atom stereocenters. The van der Waals surface area contributed by atoms with E-state index in [4.69, 9.17) is 14.5 Å². The molecule has 0 aliphatic heterocycles. The van der Waals surface area contributed by atoms with Gasteiger partial charge in [-0.05, 0) is 121 Å². The van der Waals surface area contributed by atoms with Gasteiger partial charge in [-0.15, -0.1) is 13.2 Å². The predicted molar refractivity (Wildman–Crippen MR) is 225 cm³/mol. The van der Waals surface area contributed by atoms with Crippen molar-refractivity contribution in [3.8, 4) is 11.5 Å². The predicted octanol–water partition coefficient (Wildman–Crippen LogP) is 12.7. The van der Waals surface area contributed by atoms with E-state index >= 15 is 0 Å². The highest BCUT2D eigenvalue weighted by molar-refractivity contribution is 5.93. The number of aryl methyl sites for hydroxylation is 3. The fourth-order valence-corrected chi connectivity index (χ4v) is 5.34. The molecule has 0 aliphatic rings. The van der Waals surface area contributed by atoms with Crippen LogP contribution in [0, 0.1) is 26.2 Å². The molecule has 280 valence electrons. The molecule has 4 heteroatoms. The van der Waals surface area contributed by atoms with E-state index < -0.39 is 0 Å². The lowest BCUT2D eigenvalue weighted by atomic mass is 9.86. The van der Waals surface area contributed by atoms with Crippen LogP contribution >= 0.6 is 0 Å². The largest absolute Gasteiger partial charge is 0.488 e. The highest BCUT2D eigenvalue weighted by Gasteiger charge is 2.20. The third-order valence-corrected chi connectivity index (χ3v) is 7.92. The Morgan fingerprint density at radius 3 is 1.71 bits per heavy atom. The Balaban J connectivity index is 0.000000276. The van der Waals surface area contributed by atoms with Crippen LogP contribution in [0.5, 0.6) is 11.5 Å². The van der Waals surface area contributed by atoms with E-state index in [1.54, 1.807) is 0 Å². The average Bonchev–Trinajstić information content (AvgIpc) is 3.04. The first kappa shape index (κ1) is 43.8. The Hall–Kier alpha value is -4.41. The van der Waals surface area contributed by atoms with Crippen molar-refractivity contribution in [1.82, 2.24) is 0 Å². The van der Waals surface area contributed by atoms with Crippen LogP contribution in [0.4, 0.5) is 5.69 Å². The molecule has 52 heavy (non-hydrogen) atoms. The summed E-state index contributed by atoms with van der Waals surface area (Å²) in [5.41, 5.74) is 10.2. The molecule has 0 saturated carbocycles. The summed E-state index contributed by atoms with van der Waals surface area (Å²) in [5.74, 6) is 1.76. The van der Waals surface area contributed by atoms with E-state index in [2.05, 4.69) is 142 Å². The summed E-state index contributed by atoms with van der Waals surface area (Å²) in [7, 11) is 0. The number of benzene rings is 4. The number of nitrogens with zero attached hydrogens (tertiary/aromatic N) is 1. The molecular formula is C48H65NO3. The van der Waals surface area contributed by atoms with Crippen LogP contribution in [0.3, 0.4) is 0 Å². The van der Waals surface area contributed by atoms with Crippen LogP contribution in [0.1, 0.15) is 101 Å². The van der Waals surface area contributed by atoms with Gasteiger partial charge in [0.15, 0.2) is 0 Å². The van der Waals surface area contributed by atoms with Crippen LogP contribution < -0.4 is 9.47 Å². The van der Waals surface area contributed by atoms with Crippen molar-refractivity contribution in [2.75, 3.05) is 0 Å². The smallest absolute Gasteiger partial charge is 0.126 e. The molecule has 0 fully saturated rings. The zero-order valence-electron chi connectivity index (χ0n) is 34.2. The third kappa shape index (κ3) is 15.5. The molecule has 0 bridgehead atoms. The summed E-state index contributed by atoms with van der Waals surface area (Å²) in [6.07, 6.45) is 6.32. The van der Waals surface area contributed by atoms with E-state index in [9.17, 15) is 5.11 Å². The van der Waals surface area contributed by atoms with Crippen LogP contribution in [-0.2, 0) is 25.9 Å². The number of aliphatic imine (C=N–C) groups is 1. The molecular weight excluding hydrogens is 639 g/mol. The molecule has 4 rings (SSSR count). The molecule has 4 aromatic rings. The average molecular weight is 704 g/mol. The summed E-state index contributed by atoms with van der Waals surface area (Å²) in [6, 6.07) is 29.1. The van der Waals surface area contributed by atoms with Gasteiger partial charge in [0, 0.05) is 23.1 Å². The molecule has 0 saturated heterocycles. The second-order valence-electron chi connectivity index (χ2n) is 16.3. The first-order valence-corrected chi connectivity index (χ1v) is 18.4. The maximum Gasteiger partial charge on any atom is 0.126 e. The molecule has 0 heterocycles. The standard InChI is InChI=1S/C20H25N.C14H20O2.C14H20O/c1-15-10-9-11-16(2)19(15)21-18(20(3,4)5)14-17-12-7-6-8-13-17;1-5-6-11-7-8-13(12(9-11)10-15)16-14(2,3)4;1-6-8-12-10-7-9-11(2)13(12)15-14(3,4)5/h6-13H,14H2,1-5H3;5,7-9,15H,1,6,10H2,2-4H3;6-7,9-10H,1,8H2,2-5H3. The molecule has 0 aliphatic carbocycles. The number of hydrogen-bond acceptors (Lipinski definition) is 4. The third-order valence-electron chi connectivity index (χ3n) is 7.92. The number of ether oxygens (including phenoxy) is 2. The summed E-state index contributed by atoms with van der Waals surface area (Å²) < 4.78 is 11.7. The zero-order valence-corrected chi connectivity index (χ0v) is 34.2. The maximum absolute atomic E-state index is 9.30. The summed E-state index contributed by atoms with van der Waals surface area (Å²) in [5, 5.41) is 9.30. The van der Waals surface area contributed by atoms with E-state index in [0.717, 1.165) is 47.6 Å². The van der Waals surface area contributed by atoms with E-state index in [1.807, 2.05) is 51.1 Å². The van der Waals surface area contributed by atoms with Crippen molar-refractivity contribution >= 4 is 11.4 Å². The van der Waals surface area contributed by atoms with Gasteiger partial charge in [0.25, 0.3) is 0 Å². The van der Waals surface area contributed by atoms with Crippen LogP contribution in [-0.4, -0.2) is 22.0 Å². The van der Waals surface area contributed by atoms with E-state index in [0.29, 0.717) is 0 Å². The van der Waals surface area contributed by atoms with Gasteiger partial charge in [-0.3, -0.25) is 4.99 Å². The van der Waals surface area contributed by atoms with Gasteiger partial charge in [0.2, 0.25) is 0 Å². The van der Waals surface area contributed by atoms with Crippen LogP contribution in [0.15, 0.2) is 115 Å². The van der Waals surface area contributed by atoms with Gasteiger partial charge in [0.1, 0.15) is 22.7 Å². The number of allylic oxidation sites excluding steroid dienone is 2. The number of rotatable bonds is 10. The second-order valence-corrected chi connectivity index (χ2v) is 16.3. The first-order valence-electron chi connectivity index (χ1n) is 18.4. The van der Waals surface area contributed by atoms with Gasteiger partial charge in [-0.1, -0.05) is 106 Å². The molecule has 0 aromatic heterocycles. The van der Waals surface area contributed by atoms with E-state index in [-0.39, 0.29) is 23.2 Å². The molecule has 0 spiro atoms. The van der Waals surface area contributed by atoms with E-state index in [1.165, 1.54) is 33.5 Å². The summed E-state index contributed by atoms with van der Waals surface area (Å²) >= 11 is 0. The SMILES string of the molecule is C=CCc1ccc(OC(C)(C)C)c(CO)c1.C=CCc1cccc(C)c1OC(C)(C)C.Cc1cccc(C)c1N=C(Cc1ccccc1)C(C)(C)C.